The van der Waals surface area contributed by atoms with Gasteiger partial charge in [-0.25, -0.2) is 4.79 Å². The molecule has 24 heavy (non-hydrogen) atoms. The van der Waals surface area contributed by atoms with E-state index in [4.69, 9.17) is 4.74 Å². The van der Waals surface area contributed by atoms with Gasteiger partial charge in [0, 0.05) is 15.0 Å². The highest BCUT2D eigenvalue weighted by atomic mass is 79.9. The number of hydrogen-bond donors (Lipinski definition) is 0. The minimum absolute atomic E-state index is 0.237. The maximum absolute atomic E-state index is 13.0. The second kappa shape index (κ2) is 6.75. The van der Waals surface area contributed by atoms with Crippen molar-refractivity contribution in [3.05, 3.63) is 68.0 Å². The third-order valence-electron chi connectivity index (χ3n) is 3.69. The fourth-order valence-corrected chi connectivity index (χ4v) is 3.67. The number of methoxy groups -OCH3 is 1. The van der Waals surface area contributed by atoms with Crippen LogP contribution in [0.2, 0.25) is 0 Å². The molecule has 0 spiro atoms. The summed E-state index contributed by atoms with van der Waals surface area (Å²) >= 11 is 4.92. The first-order valence-electron chi connectivity index (χ1n) is 7.17. The number of halogens is 1. The lowest BCUT2D eigenvalue weighted by molar-refractivity contribution is -0.136. The molecule has 1 aliphatic heterocycles. The molecule has 0 atom stereocenters. The Morgan fingerprint density at radius 2 is 2.08 bits per heavy atom. The van der Waals surface area contributed by atoms with Gasteiger partial charge in [0.1, 0.15) is 0 Å². The van der Waals surface area contributed by atoms with Gasteiger partial charge in [0.2, 0.25) is 0 Å². The highest BCUT2D eigenvalue weighted by Crippen LogP contribution is 2.36. The van der Waals surface area contributed by atoms with Crippen molar-refractivity contribution in [2.45, 2.75) is 6.92 Å². The van der Waals surface area contributed by atoms with E-state index < -0.39 is 5.97 Å². The zero-order chi connectivity index (χ0) is 17.3. The SMILES string of the molecule is COC(=O)C1=C(C)N(c2cccc(Br)c2)C(=O)/C1=C\c1cccs1. The molecule has 6 heteroatoms. The minimum atomic E-state index is -0.513. The molecule has 3 rings (SSSR count). The zero-order valence-corrected chi connectivity index (χ0v) is 15.5. The molecule has 4 nitrogen and oxygen atoms in total. The van der Waals surface area contributed by atoms with Gasteiger partial charge in [-0.15, -0.1) is 11.3 Å². The van der Waals surface area contributed by atoms with Crippen molar-refractivity contribution >= 4 is 50.9 Å². The molecule has 0 radical (unpaired) electrons. The predicted molar refractivity (Wildman–Crippen MR) is 98.6 cm³/mol. The molecule has 1 aromatic heterocycles. The van der Waals surface area contributed by atoms with Crippen molar-refractivity contribution in [2.75, 3.05) is 12.0 Å². The molecule has 0 saturated heterocycles. The molecule has 0 N–H and O–H groups in total. The molecule has 0 aliphatic carbocycles. The van der Waals surface area contributed by atoms with Gasteiger partial charge >= 0.3 is 5.97 Å². The first-order valence-corrected chi connectivity index (χ1v) is 8.85. The van der Waals surface area contributed by atoms with Crippen LogP contribution in [0.1, 0.15) is 11.8 Å². The molecule has 1 amide bonds. The number of esters is 1. The van der Waals surface area contributed by atoms with Crippen molar-refractivity contribution in [3.63, 3.8) is 0 Å². The van der Waals surface area contributed by atoms with Crippen LogP contribution >= 0.6 is 27.3 Å². The smallest absolute Gasteiger partial charge is 0.340 e. The highest BCUT2D eigenvalue weighted by Gasteiger charge is 2.37. The summed E-state index contributed by atoms with van der Waals surface area (Å²) in [6, 6.07) is 11.2. The van der Waals surface area contributed by atoms with Crippen LogP contribution in [-0.2, 0) is 14.3 Å². The van der Waals surface area contributed by atoms with Crippen molar-refractivity contribution in [1.29, 1.82) is 0 Å². The van der Waals surface area contributed by atoms with Crippen LogP contribution in [0.25, 0.3) is 6.08 Å². The van der Waals surface area contributed by atoms with Gasteiger partial charge in [0.15, 0.2) is 0 Å². The number of ether oxygens (including phenoxy) is 1. The maximum Gasteiger partial charge on any atom is 0.340 e. The van der Waals surface area contributed by atoms with Gasteiger partial charge in [-0.05, 0) is 42.6 Å². The number of amides is 1. The molecular formula is C18H14BrNO3S. The average molecular weight is 404 g/mol. The van der Waals surface area contributed by atoms with E-state index in [-0.39, 0.29) is 5.91 Å². The summed E-state index contributed by atoms with van der Waals surface area (Å²) in [6.07, 6.45) is 1.74. The largest absolute Gasteiger partial charge is 0.465 e. The van der Waals surface area contributed by atoms with Crippen molar-refractivity contribution in [3.8, 4) is 0 Å². The molecule has 2 aromatic rings. The Balaban J connectivity index is 2.15. The van der Waals surface area contributed by atoms with Gasteiger partial charge in [-0.1, -0.05) is 28.1 Å². The van der Waals surface area contributed by atoms with E-state index in [1.165, 1.54) is 23.3 Å². The molecule has 1 aliphatic rings. The van der Waals surface area contributed by atoms with Gasteiger partial charge < -0.3 is 4.74 Å². The summed E-state index contributed by atoms with van der Waals surface area (Å²) in [5.74, 6) is -0.749. The summed E-state index contributed by atoms with van der Waals surface area (Å²) in [5, 5.41) is 1.92. The number of allylic oxidation sites excluding steroid dienone is 1. The third-order valence-corrected chi connectivity index (χ3v) is 5.00. The van der Waals surface area contributed by atoms with Crippen LogP contribution in [0.3, 0.4) is 0 Å². The molecule has 2 heterocycles. The number of benzene rings is 1. The van der Waals surface area contributed by atoms with E-state index in [1.54, 1.807) is 13.0 Å². The first-order chi connectivity index (χ1) is 11.5. The summed E-state index contributed by atoms with van der Waals surface area (Å²) < 4.78 is 5.75. The Bertz CT molecular complexity index is 868. The molecule has 1 aromatic carbocycles. The Morgan fingerprint density at radius 3 is 2.71 bits per heavy atom. The second-order valence-electron chi connectivity index (χ2n) is 5.15. The molecule has 0 bridgehead atoms. The lowest BCUT2D eigenvalue weighted by Crippen LogP contribution is -2.24. The van der Waals surface area contributed by atoms with Gasteiger partial charge in [-0.3, -0.25) is 9.69 Å². The Labute approximate surface area is 152 Å². The number of nitrogens with zero attached hydrogens (tertiary/aromatic N) is 1. The van der Waals surface area contributed by atoms with Crippen molar-refractivity contribution in [2.24, 2.45) is 0 Å². The van der Waals surface area contributed by atoms with Crippen LogP contribution < -0.4 is 4.90 Å². The molecule has 0 unspecified atom stereocenters. The Kier molecular flexibility index (Phi) is 4.69. The van der Waals surface area contributed by atoms with E-state index in [9.17, 15) is 9.59 Å². The quantitative estimate of drug-likeness (QED) is 0.563. The van der Waals surface area contributed by atoms with Gasteiger partial charge in [-0.2, -0.15) is 0 Å². The minimum Gasteiger partial charge on any atom is -0.465 e. The van der Waals surface area contributed by atoms with Gasteiger partial charge in [0.25, 0.3) is 5.91 Å². The van der Waals surface area contributed by atoms with E-state index in [2.05, 4.69) is 15.9 Å². The van der Waals surface area contributed by atoms with E-state index in [0.29, 0.717) is 22.5 Å². The van der Waals surface area contributed by atoms with Gasteiger partial charge in [0.05, 0.1) is 23.9 Å². The summed E-state index contributed by atoms with van der Waals surface area (Å²) in [4.78, 5) is 27.7. The monoisotopic (exact) mass is 403 g/mol. The summed E-state index contributed by atoms with van der Waals surface area (Å²) in [5.41, 5.74) is 1.91. The third kappa shape index (κ3) is 2.95. The van der Waals surface area contributed by atoms with Crippen LogP contribution in [0.5, 0.6) is 0 Å². The highest BCUT2D eigenvalue weighted by molar-refractivity contribution is 9.10. The Hall–Kier alpha value is -2.18. The van der Waals surface area contributed by atoms with Crippen LogP contribution in [0, 0.1) is 0 Å². The van der Waals surface area contributed by atoms with E-state index in [1.807, 2.05) is 41.8 Å². The van der Waals surface area contributed by atoms with Crippen LogP contribution in [0.4, 0.5) is 5.69 Å². The summed E-state index contributed by atoms with van der Waals surface area (Å²) in [7, 11) is 1.32. The number of thiophene rings is 1. The molecule has 122 valence electrons. The standard InChI is InChI=1S/C18H14BrNO3S/c1-11-16(18(22)23-2)15(10-14-7-4-8-24-14)17(21)20(11)13-6-3-5-12(19)9-13/h3-10H,1-2H3/b15-10-. The van der Waals surface area contributed by atoms with E-state index in [0.717, 1.165) is 9.35 Å². The van der Waals surface area contributed by atoms with E-state index >= 15 is 0 Å². The summed E-state index contributed by atoms with van der Waals surface area (Å²) in [6.45, 7) is 1.75. The fourth-order valence-electron chi connectivity index (χ4n) is 2.62. The maximum atomic E-state index is 13.0. The second-order valence-corrected chi connectivity index (χ2v) is 7.04. The fraction of sp³-hybridized carbons (Fsp3) is 0.111. The predicted octanol–water partition coefficient (Wildman–Crippen LogP) is 4.39. The topological polar surface area (TPSA) is 46.6 Å². The zero-order valence-electron chi connectivity index (χ0n) is 13.1. The molecule has 0 fully saturated rings. The average Bonchev–Trinajstić information content (AvgIpc) is 3.14. The Morgan fingerprint density at radius 1 is 1.29 bits per heavy atom. The molecule has 0 saturated carbocycles. The first kappa shape index (κ1) is 16.7. The lowest BCUT2D eigenvalue weighted by Gasteiger charge is -2.18. The van der Waals surface area contributed by atoms with Crippen LogP contribution in [-0.4, -0.2) is 19.0 Å². The van der Waals surface area contributed by atoms with Crippen molar-refractivity contribution < 1.29 is 14.3 Å². The van der Waals surface area contributed by atoms with Crippen molar-refractivity contribution in [1.82, 2.24) is 0 Å². The number of anilines is 1. The molecular weight excluding hydrogens is 390 g/mol. The number of hydrogen-bond acceptors (Lipinski definition) is 4. The number of carbonyl (C=O) groups excluding carboxylic acids is 2. The number of carbonyl (C=O) groups is 2. The normalized spacial score (nSPS) is 16.2. The lowest BCUT2D eigenvalue weighted by atomic mass is 10.1. The van der Waals surface area contributed by atoms with Crippen LogP contribution in [0.15, 0.2) is 63.1 Å². The number of rotatable bonds is 3.